The minimum Gasteiger partial charge on any atom is -0.490 e. The summed E-state index contributed by atoms with van der Waals surface area (Å²) in [6.45, 7) is 12.3. The number of hydrogen-bond donors (Lipinski definition) is 2. The Bertz CT molecular complexity index is 1020. The van der Waals surface area contributed by atoms with Crippen molar-refractivity contribution in [2.75, 3.05) is 26.9 Å². The molecule has 2 aliphatic rings. The minimum atomic E-state index is -0.971. The summed E-state index contributed by atoms with van der Waals surface area (Å²) in [7, 11) is 1.56. The van der Waals surface area contributed by atoms with E-state index in [4.69, 9.17) is 14.2 Å². The Labute approximate surface area is 207 Å². The van der Waals surface area contributed by atoms with E-state index in [1.54, 1.807) is 12.1 Å². The summed E-state index contributed by atoms with van der Waals surface area (Å²) in [5.74, 6) is 1.68. The molecule has 0 fully saturated rings. The lowest BCUT2D eigenvalue weighted by atomic mass is 9.94. The lowest BCUT2D eigenvalue weighted by molar-refractivity contribution is -0.122. The van der Waals surface area contributed by atoms with E-state index < -0.39 is 11.6 Å². The van der Waals surface area contributed by atoms with Crippen LogP contribution >= 0.6 is 0 Å². The molecule has 0 bridgehead atoms. The van der Waals surface area contributed by atoms with Gasteiger partial charge in [0, 0.05) is 24.2 Å². The molecule has 1 atom stereocenters. The largest absolute Gasteiger partial charge is 0.490 e. The van der Waals surface area contributed by atoms with E-state index in [1.165, 1.54) is 11.8 Å². The van der Waals surface area contributed by atoms with Crippen LogP contribution in [0.3, 0.4) is 0 Å². The van der Waals surface area contributed by atoms with E-state index in [1.807, 2.05) is 45.2 Å². The summed E-state index contributed by atoms with van der Waals surface area (Å²) in [5, 5.41) is 11.7. The first kappa shape index (κ1) is 26.2. The molecule has 0 saturated carbocycles. The molecule has 192 valence electrons. The Morgan fingerprint density at radius 3 is 2.57 bits per heavy atom. The summed E-state index contributed by atoms with van der Waals surface area (Å²) in [4.78, 5) is 25.1. The van der Waals surface area contributed by atoms with Crippen molar-refractivity contribution in [2.24, 2.45) is 5.92 Å². The van der Waals surface area contributed by atoms with Gasteiger partial charge >= 0.3 is 6.09 Å². The van der Waals surface area contributed by atoms with Gasteiger partial charge in [-0.15, -0.1) is 0 Å². The van der Waals surface area contributed by atoms with E-state index in [0.29, 0.717) is 36.8 Å². The van der Waals surface area contributed by atoms with Crippen molar-refractivity contribution in [1.82, 2.24) is 15.3 Å². The normalized spacial score (nSPS) is 15.7. The Morgan fingerprint density at radius 2 is 2.00 bits per heavy atom. The molecular weight excluding hydrogens is 450 g/mol. The molecule has 2 heterocycles. The fourth-order valence-electron chi connectivity index (χ4n) is 4.63. The predicted molar refractivity (Wildman–Crippen MR) is 133 cm³/mol. The molecule has 0 radical (unpaired) electrons. The number of carbonyl (C=O) groups is 2. The highest BCUT2D eigenvalue weighted by molar-refractivity contribution is 5.82. The van der Waals surface area contributed by atoms with Gasteiger partial charge in [-0.1, -0.05) is 13.8 Å². The Morgan fingerprint density at radius 1 is 1.29 bits per heavy atom. The second-order valence-corrected chi connectivity index (χ2v) is 10.3. The molecular formula is C26H37N3O6. The number of ether oxygens (including phenoxy) is 3. The van der Waals surface area contributed by atoms with Crippen molar-refractivity contribution in [3.8, 4) is 17.2 Å². The zero-order valence-electron chi connectivity index (χ0n) is 21.7. The molecule has 3 rings (SSSR count). The van der Waals surface area contributed by atoms with Crippen molar-refractivity contribution in [2.45, 2.75) is 59.5 Å². The molecule has 9 heteroatoms. The first-order valence-electron chi connectivity index (χ1n) is 11.9. The van der Waals surface area contributed by atoms with Crippen LogP contribution in [0.2, 0.25) is 0 Å². The molecule has 1 aromatic rings. The monoisotopic (exact) mass is 487 g/mol. The lowest BCUT2D eigenvalue weighted by Crippen LogP contribution is -2.53. The van der Waals surface area contributed by atoms with Crippen LogP contribution in [0.25, 0.3) is 5.57 Å². The SMILES string of the molecule is COc1c(OC[C@H](CC(C)C)N(C(=O)O)C(C)(C)C)ccc2c1OCC1=C2CN(NC(C)=O)C=C1. The quantitative estimate of drug-likeness (QED) is 0.564. The molecule has 0 unspecified atom stereocenters. The van der Waals surface area contributed by atoms with Crippen molar-refractivity contribution in [3.63, 3.8) is 0 Å². The van der Waals surface area contributed by atoms with Crippen molar-refractivity contribution in [1.29, 1.82) is 0 Å². The van der Waals surface area contributed by atoms with Crippen LogP contribution in [0.4, 0.5) is 4.79 Å². The van der Waals surface area contributed by atoms with Crippen LogP contribution in [-0.4, -0.2) is 65.5 Å². The smallest absolute Gasteiger partial charge is 0.408 e. The molecule has 9 nitrogen and oxygen atoms in total. The van der Waals surface area contributed by atoms with Crippen LogP contribution in [-0.2, 0) is 4.79 Å². The van der Waals surface area contributed by atoms with Gasteiger partial charge in [-0.05, 0) is 62.5 Å². The number of hydrogen-bond acceptors (Lipinski definition) is 6. The number of carboxylic acid groups (broad SMARTS) is 1. The number of carbonyl (C=O) groups excluding carboxylic acids is 1. The molecule has 0 aliphatic carbocycles. The number of rotatable bonds is 8. The molecule has 0 saturated heterocycles. The molecule has 0 aromatic heterocycles. The van der Waals surface area contributed by atoms with Gasteiger partial charge in [0.1, 0.15) is 13.2 Å². The summed E-state index contributed by atoms with van der Waals surface area (Å²) >= 11 is 0. The summed E-state index contributed by atoms with van der Waals surface area (Å²) in [6, 6.07) is 3.41. The first-order valence-corrected chi connectivity index (χ1v) is 11.9. The van der Waals surface area contributed by atoms with Crippen LogP contribution in [0, 0.1) is 5.92 Å². The Hall–Kier alpha value is -3.36. The van der Waals surface area contributed by atoms with Crippen LogP contribution < -0.4 is 19.6 Å². The second kappa shape index (κ2) is 10.5. The third kappa shape index (κ3) is 6.01. The number of amides is 2. The number of benzene rings is 1. The van der Waals surface area contributed by atoms with E-state index in [0.717, 1.165) is 16.7 Å². The van der Waals surface area contributed by atoms with E-state index in [-0.39, 0.29) is 24.5 Å². The number of nitrogens with zero attached hydrogens (tertiary/aromatic N) is 2. The second-order valence-electron chi connectivity index (χ2n) is 10.3. The van der Waals surface area contributed by atoms with Crippen molar-refractivity contribution in [3.05, 3.63) is 35.5 Å². The summed E-state index contributed by atoms with van der Waals surface area (Å²) in [6.07, 6.45) is 3.44. The maximum atomic E-state index is 12.1. The molecule has 2 aliphatic heterocycles. The van der Waals surface area contributed by atoms with Gasteiger partial charge in [-0.2, -0.15) is 0 Å². The van der Waals surface area contributed by atoms with Gasteiger partial charge in [-0.25, -0.2) is 4.79 Å². The molecule has 35 heavy (non-hydrogen) atoms. The van der Waals surface area contributed by atoms with Crippen molar-refractivity contribution < 1.29 is 28.9 Å². The molecule has 2 N–H and O–H groups in total. The lowest BCUT2D eigenvalue weighted by Gasteiger charge is -2.40. The van der Waals surface area contributed by atoms with Crippen molar-refractivity contribution >= 4 is 17.6 Å². The predicted octanol–water partition coefficient (Wildman–Crippen LogP) is 4.29. The van der Waals surface area contributed by atoms with Gasteiger partial charge in [0.05, 0.1) is 19.7 Å². The standard InChI is InChI=1S/C26H37N3O6/c1-16(2)12-19(29(25(31)32)26(4,5)6)15-34-22-9-8-20-21-13-28(27-17(3)30)11-10-18(21)14-35-23(20)24(22)33-7/h8-11,16,19H,12-15H2,1-7H3,(H,27,30)(H,31,32)/t19-/m0/s1. The average Bonchev–Trinajstić information content (AvgIpc) is 2.74. The Balaban J connectivity index is 1.88. The van der Waals surface area contributed by atoms with Crippen LogP contribution in [0.5, 0.6) is 17.2 Å². The van der Waals surface area contributed by atoms with Gasteiger partial charge in [0.25, 0.3) is 0 Å². The molecule has 0 spiro atoms. The maximum Gasteiger partial charge on any atom is 0.408 e. The first-order chi connectivity index (χ1) is 16.4. The summed E-state index contributed by atoms with van der Waals surface area (Å²) in [5.41, 5.74) is 5.16. The van der Waals surface area contributed by atoms with Gasteiger partial charge in [-0.3, -0.25) is 20.1 Å². The van der Waals surface area contributed by atoms with E-state index in [9.17, 15) is 14.7 Å². The zero-order chi connectivity index (χ0) is 25.9. The van der Waals surface area contributed by atoms with Crippen LogP contribution in [0.15, 0.2) is 30.0 Å². The number of methoxy groups -OCH3 is 1. The third-order valence-corrected chi connectivity index (χ3v) is 5.92. The van der Waals surface area contributed by atoms with Gasteiger partial charge < -0.3 is 19.3 Å². The van der Waals surface area contributed by atoms with E-state index in [2.05, 4.69) is 19.3 Å². The average molecular weight is 488 g/mol. The topological polar surface area (TPSA) is 101 Å². The number of nitrogens with one attached hydrogen (secondary N) is 1. The van der Waals surface area contributed by atoms with Gasteiger partial charge in [0.2, 0.25) is 11.7 Å². The van der Waals surface area contributed by atoms with Gasteiger partial charge in [0.15, 0.2) is 11.5 Å². The maximum absolute atomic E-state index is 12.1. The highest BCUT2D eigenvalue weighted by atomic mass is 16.5. The van der Waals surface area contributed by atoms with E-state index >= 15 is 0 Å². The fourth-order valence-corrected chi connectivity index (χ4v) is 4.63. The van der Waals surface area contributed by atoms with Crippen LogP contribution in [0.1, 0.15) is 53.5 Å². The zero-order valence-corrected chi connectivity index (χ0v) is 21.7. The number of hydrazine groups is 1. The summed E-state index contributed by atoms with van der Waals surface area (Å²) < 4.78 is 17.9. The Kier molecular flexibility index (Phi) is 7.87. The fraction of sp³-hybridized carbons (Fsp3) is 0.538. The minimum absolute atomic E-state index is 0.145. The highest BCUT2D eigenvalue weighted by Gasteiger charge is 2.35. The molecule has 1 aromatic carbocycles. The number of fused-ring (bicyclic) bond motifs is 2. The molecule has 2 amide bonds. The third-order valence-electron chi connectivity index (χ3n) is 5.92. The highest BCUT2D eigenvalue weighted by Crippen LogP contribution is 2.46.